The Hall–Kier alpha value is -0.0800. The molecule has 0 bridgehead atoms. The van der Waals surface area contributed by atoms with Crippen molar-refractivity contribution >= 4 is 0 Å². The largest absolute Gasteiger partial charge is 0.393 e. The fraction of sp³-hybridized carbons (Fsp3) is 1.00. The van der Waals surface area contributed by atoms with Crippen molar-refractivity contribution in [2.45, 2.75) is 130 Å². The molecular weight excluding hydrogens is 344 g/mol. The fourth-order valence-corrected chi connectivity index (χ4v) is 6.00. The Labute approximate surface area is 175 Å². The molecule has 0 aromatic carbocycles. The van der Waals surface area contributed by atoms with Crippen molar-refractivity contribution in [1.82, 2.24) is 0 Å². The van der Waals surface area contributed by atoms with Crippen LogP contribution in [0.3, 0.4) is 0 Å². The van der Waals surface area contributed by atoms with E-state index in [1.807, 2.05) is 0 Å². The van der Waals surface area contributed by atoms with Gasteiger partial charge in [-0.1, -0.05) is 79.1 Å². The van der Waals surface area contributed by atoms with Crippen LogP contribution in [0.25, 0.3) is 0 Å². The Morgan fingerprint density at radius 2 is 1.57 bits per heavy atom. The van der Waals surface area contributed by atoms with Crippen molar-refractivity contribution in [3.8, 4) is 0 Å². The molecule has 2 aliphatic rings. The first kappa shape index (κ1) is 24.2. The van der Waals surface area contributed by atoms with Gasteiger partial charge in [-0.3, -0.25) is 0 Å². The molecule has 166 valence electrons. The Morgan fingerprint density at radius 1 is 0.893 bits per heavy atom. The minimum absolute atomic E-state index is 0.113. The van der Waals surface area contributed by atoms with Crippen LogP contribution in [0.1, 0.15) is 118 Å². The molecular formula is C26H50O2. The molecule has 0 aliphatic heterocycles. The minimum Gasteiger partial charge on any atom is -0.393 e. The van der Waals surface area contributed by atoms with Gasteiger partial charge in [0, 0.05) is 0 Å². The third-order valence-corrected chi connectivity index (χ3v) is 8.28. The van der Waals surface area contributed by atoms with E-state index in [1.165, 1.54) is 57.8 Å². The molecule has 5 atom stereocenters. The highest BCUT2D eigenvalue weighted by molar-refractivity contribution is 4.80. The van der Waals surface area contributed by atoms with Crippen LogP contribution in [-0.2, 0) is 0 Å². The maximum Gasteiger partial charge on any atom is 0.0571 e. The van der Waals surface area contributed by atoms with E-state index < -0.39 is 0 Å². The van der Waals surface area contributed by atoms with Crippen LogP contribution in [-0.4, -0.2) is 22.4 Å². The molecule has 2 aliphatic carbocycles. The number of aliphatic hydroxyl groups is 2. The summed E-state index contributed by atoms with van der Waals surface area (Å²) in [6.45, 7) is 9.28. The van der Waals surface area contributed by atoms with Crippen molar-refractivity contribution in [2.24, 2.45) is 35.5 Å². The zero-order chi connectivity index (χ0) is 20.5. The van der Waals surface area contributed by atoms with Gasteiger partial charge in [0.15, 0.2) is 0 Å². The summed E-state index contributed by atoms with van der Waals surface area (Å²) in [7, 11) is 0. The first-order valence-electron chi connectivity index (χ1n) is 12.7. The van der Waals surface area contributed by atoms with E-state index in [9.17, 15) is 10.2 Å². The average molecular weight is 395 g/mol. The van der Waals surface area contributed by atoms with E-state index in [0.717, 1.165) is 49.9 Å². The first-order chi connectivity index (χ1) is 13.4. The number of aliphatic hydroxyl groups excluding tert-OH is 2. The lowest BCUT2D eigenvalue weighted by Crippen LogP contribution is -2.28. The second kappa shape index (κ2) is 12.6. The maximum atomic E-state index is 10.8. The molecule has 0 saturated heterocycles. The highest BCUT2D eigenvalue weighted by atomic mass is 16.3. The molecule has 0 radical (unpaired) electrons. The third-order valence-electron chi connectivity index (χ3n) is 8.28. The zero-order valence-electron chi connectivity index (χ0n) is 19.4. The van der Waals surface area contributed by atoms with Crippen molar-refractivity contribution in [2.75, 3.05) is 0 Å². The minimum atomic E-state index is -0.113. The molecule has 2 rings (SSSR count). The summed E-state index contributed by atoms with van der Waals surface area (Å²) in [5, 5.41) is 21.4. The van der Waals surface area contributed by atoms with Crippen LogP contribution < -0.4 is 0 Å². The summed E-state index contributed by atoms with van der Waals surface area (Å²) in [5.41, 5.74) is 0. The number of hydrogen-bond donors (Lipinski definition) is 2. The Balaban J connectivity index is 1.67. The fourth-order valence-electron chi connectivity index (χ4n) is 6.00. The van der Waals surface area contributed by atoms with Crippen molar-refractivity contribution in [1.29, 1.82) is 0 Å². The molecule has 0 spiro atoms. The second-order valence-electron chi connectivity index (χ2n) is 11.0. The molecule has 0 heterocycles. The molecule has 2 fully saturated rings. The van der Waals surface area contributed by atoms with Gasteiger partial charge < -0.3 is 10.2 Å². The van der Waals surface area contributed by atoms with E-state index in [2.05, 4.69) is 27.7 Å². The Morgan fingerprint density at radius 3 is 2.21 bits per heavy atom. The molecule has 2 nitrogen and oxygen atoms in total. The van der Waals surface area contributed by atoms with Gasteiger partial charge in [0.05, 0.1) is 12.2 Å². The van der Waals surface area contributed by atoms with Crippen molar-refractivity contribution in [3.63, 3.8) is 0 Å². The molecule has 2 saturated carbocycles. The van der Waals surface area contributed by atoms with E-state index in [1.54, 1.807) is 0 Å². The molecule has 0 aromatic rings. The van der Waals surface area contributed by atoms with Crippen molar-refractivity contribution in [3.05, 3.63) is 0 Å². The van der Waals surface area contributed by atoms with Crippen LogP contribution in [0, 0.1) is 35.5 Å². The Kier molecular flexibility index (Phi) is 10.9. The van der Waals surface area contributed by atoms with E-state index in [-0.39, 0.29) is 12.2 Å². The summed E-state index contributed by atoms with van der Waals surface area (Å²) in [4.78, 5) is 0. The van der Waals surface area contributed by atoms with Crippen LogP contribution in [0.4, 0.5) is 0 Å². The van der Waals surface area contributed by atoms with Gasteiger partial charge in [0.25, 0.3) is 0 Å². The van der Waals surface area contributed by atoms with Crippen LogP contribution in [0.15, 0.2) is 0 Å². The highest BCUT2D eigenvalue weighted by Gasteiger charge is 2.28. The van der Waals surface area contributed by atoms with Crippen molar-refractivity contribution < 1.29 is 10.2 Å². The molecule has 0 aromatic heterocycles. The monoisotopic (exact) mass is 394 g/mol. The highest BCUT2D eigenvalue weighted by Crippen LogP contribution is 2.36. The van der Waals surface area contributed by atoms with Gasteiger partial charge in [-0.25, -0.2) is 0 Å². The van der Waals surface area contributed by atoms with Gasteiger partial charge in [0.2, 0.25) is 0 Å². The quantitative estimate of drug-likeness (QED) is 0.397. The predicted octanol–water partition coefficient (Wildman–Crippen LogP) is 6.97. The summed E-state index contributed by atoms with van der Waals surface area (Å²) in [6, 6.07) is 0. The summed E-state index contributed by atoms with van der Waals surface area (Å²) < 4.78 is 0. The van der Waals surface area contributed by atoms with Gasteiger partial charge >= 0.3 is 0 Å². The van der Waals surface area contributed by atoms with Gasteiger partial charge in [-0.05, 0) is 74.0 Å². The topological polar surface area (TPSA) is 40.5 Å². The van der Waals surface area contributed by atoms with E-state index >= 15 is 0 Å². The van der Waals surface area contributed by atoms with Crippen LogP contribution >= 0.6 is 0 Å². The molecule has 28 heavy (non-hydrogen) atoms. The molecule has 2 heteroatoms. The SMILES string of the molecule is CCC1CCCC(C[C@H](O)CCC[C@@H](CC(O)C2CCC(C)CC2)C(C)C)C1. The summed E-state index contributed by atoms with van der Waals surface area (Å²) in [5.74, 6) is 4.26. The van der Waals surface area contributed by atoms with Gasteiger partial charge in [-0.15, -0.1) is 0 Å². The number of hydrogen-bond acceptors (Lipinski definition) is 2. The summed E-state index contributed by atoms with van der Waals surface area (Å²) in [6.07, 6.45) is 16.7. The van der Waals surface area contributed by atoms with Crippen LogP contribution in [0.2, 0.25) is 0 Å². The number of rotatable bonds is 11. The average Bonchev–Trinajstić information content (AvgIpc) is 2.67. The predicted molar refractivity (Wildman–Crippen MR) is 120 cm³/mol. The van der Waals surface area contributed by atoms with E-state index in [4.69, 9.17) is 0 Å². The molecule has 3 unspecified atom stereocenters. The smallest absolute Gasteiger partial charge is 0.0571 e. The lowest BCUT2D eigenvalue weighted by molar-refractivity contribution is 0.0448. The van der Waals surface area contributed by atoms with Gasteiger partial charge in [0.1, 0.15) is 0 Å². The standard InChI is InChI=1S/C26H50O2/c1-5-21-8-6-9-22(16-21)17-25(27)11-7-10-24(19(2)3)18-26(28)23-14-12-20(4)13-15-23/h19-28H,5-18H2,1-4H3/t20?,21?,22?,23?,24-,25+,26?/m0/s1. The molecule has 2 N–H and O–H groups in total. The van der Waals surface area contributed by atoms with Crippen LogP contribution in [0.5, 0.6) is 0 Å². The first-order valence-corrected chi connectivity index (χ1v) is 12.7. The van der Waals surface area contributed by atoms with Gasteiger partial charge in [-0.2, -0.15) is 0 Å². The molecule has 0 amide bonds. The lowest BCUT2D eigenvalue weighted by atomic mass is 9.75. The summed E-state index contributed by atoms with van der Waals surface area (Å²) >= 11 is 0. The second-order valence-corrected chi connectivity index (χ2v) is 11.0. The zero-order valence-corrected chi connectivity index (χ0v) is 19.4. The third kappa shape index (κ3) is 8.34. The maximum absolute atomic E-state index is 10.8. The lowest BCUT2D eigenvalue weighted by Gasteiger charge is -2.33. The normalized spacial score (nSPS) is 32.2. The Bertz CT molecular complexity index is 399. The van der Waals surface area contributed by atoms with E-state index in [0.29, 0.717) is 17.8 Å².